The maximum atomic E-state index is 14.6. The Labute approximate surface area is 173 Å². The Kier molecular flexibility index (Phi) is 6.13. The fourth-order valence-corrected chi connectivity index (χ4v) is 3.78. The van der Waals surface area contributed by atoms with Crippen molar-refractivity contribution in [3.8, 4) is 5.75 Å². The Hall–Kier alpha value is -2.60. The van der Waals surface area contributed by atoms with Gasteiger partial charge in [-0.15, -0.1) is 11.8 Å². The maximum Gasteiger partial charge on any atom is 0.348 e. The standard InChI is InChI=1S/C23H23FO4S/c1-14-11-16(12-15(2)21(14)28-23(22(26)27)9-4-10-23)13-19(24)20(25)17-5-7-18(29-3)8-6-17/h5-8,11-13H,4,9-10H2,1-3H3,(H,26,27)/b19-13-. The van der Waals surface area contributed by atoms with Crippen LogP contribution in [-0.4, -0.2) is 28.7 Å². The van der Waals surface area contributed by atoms with Gasteiger partial charge in [-0.05, 0) is 98.5 Å². The Morgan fingerprint density at radius 3 is 2.17 bits per heavy atom. The first-order valence-electron chi connectivity index (χ1n) is 9.35. The summed E-state index contributed by atoms with van der Waals surface area (Å²) in [5, 5.41) is 9.48. The van der Waals surface area contributed by atoms with Gasteiger partial charge in [-0.3, -0.25) is 4.79 Å². The van der Waals surface area contributed by atoms with Crippen molar-refractivity contribution in [1.29, 1.82) is 0 Å². The van der Waals surface area contributed by atoms with Crippen LogP contribution < -0.4 is 4.74 Å². The van der Waals surface area contributed by atoms with Crippen molar-refractivity contribution in [1.82, 2.24) is 0 Å². The van der Waals surface area contributed by atoms with Gasteiger partial charge in [0.2, 0.25) is 11.4 Å². The number of allylic oxidation sites excluding steroid dienone is 1. The molecule has 29 heavy (non-hydrogen) atoms. The van der Waals surface area contributed by atoms with Crippen LogP contribution in [0.25, 0.3) is 6.08 Å². The lowest BCUT2D eigenvalue weighted by Crippen LogP contribution is -2.50. The predicted octanol–water partition coefficient (Wildman–Crippen LogP) is 5.60. The number of halogens is 1. The number of carbonyl (C=O) groups is 2. The lowest BCUT2D eigenvalue weighted by Gasteiger charge is -2.38. The van der Waals surface area contributed by atoms with E-state index >= 15 is 0 Å². The summed E-state index contributed by atoms with van der Waals surface area (Å²) in [7, 11) is 0. The zero-order valence-corrected chi connectivity index (χ0v) is 17.4. The average molecular weight is 414 g/mol. The molecule has 2 aromatic carbocycles. The van der Waals surface area contributed by atoms with Crippen molar-refractivity contribution in [2.45, 2.75) is 43.6 Å². The second-order valence-electron chi connectivity index (χ2n) is 7.29. The molecule has 0 bridgehead atoms. The summed E-state index contributed by atoms with van der Waals surface area (Å²) < 4.78 is 20.4. The van der Waals surface area contributed by atoms with Crippen LogP contribution in [0.3, 0.4) is 0 Å². The van der Waals surface area contributed by atoms with Crippen LogP contribution in [0.2, 0.25) is 0 Å². The zero-order chi connectivity index (χ0) is 21.2. The smallest absolute Gasteiger partial charge is 0.348 e. The number of carbonyl (C=O) groups excluding carboxylic acids is 1. The molecular formula is C23H23FO4S. The monoisotopic (exact) mass is 414 g/mol. The van der Waals surface area contributed by atoms with Crippen molar-refractivity contribution >= 4 is 29.6 Å². The third-order valence-electron chi connectivity index (χ3n) is 5.19. The summed E-state index contributed by atoms with van der Waals surface area (Å²) in [6.45, 7) is 3.57. The summed E-state index contributed by atoms with van der Waals surface area (Å²) in [6, 6.07) is 10.2. The highest BCUT2D eigenvalue weighted by Gasteiger charge is 2.47. The first-order valence-corrected chi connectivity index (χ1v) is 10.6. The lowest BCUT2D eigenvalue weighted by molar-refractivity contribution is -0.163. The molecule has 0 aliphatic heterocycles. The third-order valence-corrected chi connectivity index (χ3v) is 5.94. The first kappa shape index (κ1) is 21.1. The van der Waals surface area contributed by atoms with Gasteiger partial charge in [0.15, 0.2) is 5.83 Å². The molecule has 152 valence electrons. The van der Waals surface area contributed by atoms with Crippen molar-refractivity contribution < 1.29 is 23.8 Å². The SMILES string of the molecule is CSc1ccc(C(=O)/C(F)=C/c2cc(C)c(OC3(C(=O)O)CCC3)c(C)c2)cc1. The highest BCUT2D eigenvalue weighted by molar-refractivity contribution is 7.98. The largest absolute Gasteiger partial charge is 0.478 e. The van der Waals surface area contributed by atoms with E-state index in [0.29, 0.717) is 40.8 Å². The second kappa shape index (κ2) is 8.41. The van der Waals surface area contributed by atoms with E-state index in [1.807, 2.05) is 6.26 Å². The van der Waals surface area contributed by atoms with Crippen LogP contribution in [-0.2, 0) is 4.79 Å². The molecule has 4 nitrogen and oxygen atoms in total. The summed E-state index contributed by atoms with van der Waals surface area (Å²) in [5.41, 5.74) is 1.05. The minimum Gasteiger partial charge on any atom is -0.478 e. The average Bonchev–Trinajstić information content (AvgIpc) is 2.65. The quantitative estimate of drug-likeness (QED) is 0.363. The number of carboxylic acid groups (broad SMARTS) is 1. The van der Waals surface area contributed by atoms with Gasteiger partial charge in [0.05, 0.1) is 0 Å². The van der Waals surface area contributed by atoms with E-state index in [1.54, 1.807) is 62.0 Å². The molecule has 1 saturated carbocycles. The summed E-state index contributed by atoms with van der Waals surface area (Å²) in [4.78, 5) is 24.9. The topological polar surface area (TPSA) is 63.6 Å². The number of aliphatic carboxylic acids is 1. The molecule has 3 rings (SSSR count). The van der Waals surface area contributed by atoms with Crippen LogP contribution in [0.4, 0.5) is 4.39 Å². The number of Topliss-reactive ketones (excluding diaryl/α,β-unsaturated/α-hetero) is 1. The second-order valence-corrected chi connectivity index (χ2v) is 8.17. The number of thioether (sulfide) groups is 1. The molecule has 0 spiro atoms. The molecule has 1 aliphatic rings. The summed E-state index contributed by atoms with van der Waals surface area (Å²) in [5.74, 6) is -1.98. The number of ketones is 1. The van der Waals surface area contributed by atoms with E-state index in [1.165, 1.54) is 6.08 Å². The maximum absolute atomic E-state index is 14.6. The summed E-state index contributed by atoms with van der Waals surface area (Å²) in [6.07, 6.45) is 4.89. The molecule has 1 fully saturated rings. The van der Waals surface area contributed by atoms with E-state index in [4.69, 9.17) is 4.74 Å². The van der Waals surface area contributed by atoms with Gasteiger partial charge in [-0.1, -0.05) is 0 Å². The van der Waals surface area contributed by atoms with Gasteiger partial charge in [-0.2, -0.15) is 0 Å². The van der Waals surface area contributed by atoms with Crippen LogP contribution in [0, 0.1) is 13.8 Å². The molecule has 0 radical (unpaired) electrons. The fourth-order valence-electron chi connectivity index (χ4n) is 3.37. The number of hydrogen-bond donors (Lipinski definition) is 1. The molecule has 6 heteroatoms. The molecular weight excluding hydrogens is 391 g/mol. The van der Waals surface area contributed by atoms with Crippen molar-refractivity contribution in [3.05, 3.63) is 64.5 Å². The van der Waals surface area contributed by atoms with Crippen LogP contribution >= 0.6 is 11.8 Å². The van der Waals surface area contributed by atoms with Gasteiger partial charge >= 0.3 is 5.97 Å². The first-order chi connectivity index (χ1) is 13.8. The number of aryl methyl sites for hydroxylation is 2. The minimum absolute atomic E-state index is 0.290. The van der Waals surface area contributed by atoms with Crippen molar-refractivity contribution in [2.24, 2.45) is 0 Å². The molecule has 2 aromatic rings. The molecule has 1 N–H and O–H groups in total. The molecule has 0 aromatic heterocycles. The number of ether oxygens (including phenoxy) is 1. The molecule has 0 unspecified atom stereocenters. The highest BCUT2D eigenvalue weighted by atomic mass is 32.2. The number of rotatable bonds is 7. The lowest BCUT2D eigenvalue weighted by atomic mass is 9.80. The van der Waals surface area contributed by atoms with E-state index in [9.17, 15) is 19.1 Å². The van der Waals surface area contributed by atoms with E-state index in [-0.39, 0.29) is 0 Å². The van der Waals surface area contributed by atoms with Gasteiger partial charge in [-0.25, -0.2) is 9.18 Å². The minimum atomic E-state index is -1.17. The van der Waals surface area contributed by atoms with Gasteiger partial charge < -0.3 is 9.84 Å². The molecule has 1 aliphatic carbocycles. The van der Waals surface area contributed by atoms with Gasteiger partial charge in [0.1, 0.15) is 5.75 Å². The Morgan fingerprint density at radius 2 is 1.72 bits per heavy atom. The molecule has 0 amide bonds. The Bertz CT molecular complexity index is 952. The number of benzene rings is 2. The predicted molar refractivity (Wildman–Crippen MR) is 112 cm³/mol. The Balaban J connectivity index is 1.83. The van der Waals surface area contributed by atoms with Gasteiger partial charge in [0, 0.05) is 10.5 Å². The normalized spacial score (nSPS) is 15.5. The molecule has 0 saturated heterocycles. The van der Waals surface area contributed by atoms with Crippen molar-refractivity contribution in [3.63, 3.8) is 0 Å². The molecule has 0 atom stereocenters. The van der Waals surface area contributed by atoms with Gasteiger partial charge in [0.25, 0.3) is 0 Å². The van der Waals surface area contributed by atoms with E-state index < -0.39 is 23.2 Å². The molecule has 0 heterocycles. The number of carboxylic acids is 1. The van der Waals surface area contributed by atoms with E-state index in [2.05, 4.69) is 0 Å². The van der Waals surface area contributed by atoms with Crippen LogP contribution in [0.5, 0.6) is 5.75 Å². The van der Waals surface area contributed by atoms with Crippen LogP contribution in [0.1, 0.15) is 46.3 Å². The fraction of sp³-hybridized carbons (Fsp3) is 0.304. The zero-order valence-electron chi connectivity index (χ0n) is 16.6. The number of hydrogen-bond acceptors (Lipinski definition) is 4. The highest BCUT2D eigenvalue weighted by Crippen LogP contribution is 2.39. The van der Waals surface area contributed by atoms with Crippen LogP contribution in [0.15, 0.2) is 47.1 Å². The van der Waals surface area contributed by atoms with Crippen molar-refractivity contribution in [2.75, 3.05) is 6.26 Å². The third kappa shape index (κ3) is 4.37. The summed E-state index contributed by atoms with van der Waals surface area (Å²) >= 11 is 1.55. The van der Waals surface area contributed by atoms with E-state index in [0.717, 1.165) is 11.3 Å². The Morgan fingerprint density at radius 1 is 1.14 bits per heavy atom.